The summed E-state index contributed by atoms with van der Waals surface area (Å²) in [6.07, 6.45) is -2.46. The van der Waals surface area contributed by atoms with Crippen molar-refractivity contribution < 1.29 is 27.1 Å². The third-order valence-corrected chi connectivity index (χ3v) is 7.69. The van der Waals surface area contributed by atoms with Gasteiger partial charge in [-0.25, -0.2) is 4.39 Å². The molecular weight excluding hydrogens is 594 g/mol. The molecule has 0 unspecified atom stereocenters. The molecule has 0 aliphatic rings. The quantitative estimate of drug-likeness (QED) is 0.105. The van der Waals surface area contributed by atoms with E-state index in [0.29, 0.717) is 42.2 Å². The maximum absolute atomic E-state index is 14.6. The number of halogens is 4. The van der Waals surface area contributed by atoms with E-state index in [1.165, 1.54) is 23.8 Å². The Morgan fingerprint density at radius 1 is 0.826 bits per heavy atom. The number of aryl methyl sites for hydroxylation is 3. The average Bonchev–Trinajstić information content (AvgIpc) is 3.45. The second-order valence-corrected chi connectivity index (χ2v) is 11.0. The zero-order valence-electron chi connectivity index (χ0n) is 25.5. The summed E-state index contributed by atoms with van der Waals surface area (Å²) < 4.78 is 60.7. The predicted octanol–water partition coefficient (Wildman–Crippen LogP) is 8.65. The molecule has 1 N–H and O–H groups in total. The first kappa shape index (κ1) is 32.5. The first-order chi connectivity index (χ1) is 22.2. The van der Waals surface area contributed by atoms with E-state index >= 15 is 0 Å². The van der Waals surface area contributed by atoms with Crippen molar-refractivity contribution in [2.45, 2.75) is 51.9 Å². The fourth-order valence-electron chi connectivity index (χ4n) is 5.15. The highest BCUT2D eigenvalue weighted by molar-refractivity contribution is 5.69. The molecule has 5 aromatic rings. The lowest BCUT2D eigenvalue weighted by atomic mass is 10.1. The van der Waals surface area contributed by atoms with Crippen LogP contribution in [0.3, 0.4) is 0 Å². The molecule has 9 heteroatoms. The van der Waals surface area contributed by atoms with E-state index in [2.05, 4.69) is 17.4 Å². The Balaban J connectivity index is 1.25. The van der Waals surface area contributed by atoms with Crippen LogP contribution in [0.4, 0.5) is 23.2 Å². The van der Waals surface area contributed by atoms with Crippen LogP contribution in [0.25, 0.3) is 11.3 Å². The number of nitrogens with one attached hydrogen (secondary N) is 1. The van der Waals surface area contributed by atoms with Gasteiger partial charge in [0, 0.05) is 29.9 Å². The van der Waals surface area contributed by atoms with Crippen LogP contribution in [0, 0.1) is 5.82 Å². The van der Waals surface area contributed by atoms with Gasteiger partial charge in [-0.15, -0.1) is 0 Å². The number of carbonyl (C=O) groups excluding carboxylic acids is 1. The van der Waals surface area contributed by atoms with Crippen molar-refractivity contribution in [2.24, 2.45) is 0 Å². The first-order valence-electron chi connectivity index (χ1n) is 15.2. The summed E-state index contributed by atoms with van der Waals surface area (Å²) in [5.74, 6) is -0.717. The van der Waals surface area contributed by atoms with Gasteiger partial charge in [-0.2, -0.15) is 18.3 Å². The molecule has 1 heterocycles. The number of hydrogen-bond donors (Lipinski definition) is 1. The predicted molar refractivity (Wildman–Crippen MR) is 171 cm³/mol. The molecule has 0 saturated carbocycles. The average molecular weight is 630 g/mol. The monoisotopic (exact) mass is 629 g/mol. The SMILES string of the molecule is CCOC(=O)CCc1ccc(NCc2ccc(Cn3nc(-c4ccc(C(F)(F)F)cc4)cc3CCc3ccccc3)cc2)cc1F. The maximum atomic E-state index is 14.6. The minimum absolute atomic E-state index is 0.132. The number of aromatic nitrogens is 2. The summed E-state index contributed by atoms with van der Waals surface area (Å²) in [5.41, 5.74) is 5.85. The molecule has 0 radical (unpaired) electrons. The summed E-state index contributed by atoms with van der Waals surface area (Å²) >= 11 is 0. The third kappa shape index (κ3) is 8.84. The van der Waals surface area contributed by atoms with Gasteiger partial charge in [-0.1, -0.05) is 72.8 Å². The molecule has 0 aliphatic carbocycles. The Kier molecular flexibility index (Phi) is 10.5. The van der Waals surface area contributed by atoms with Crippen LogP contribution in [0.1, 0.15) is 46.9 Å². The van der Waals surface area contributed by atoms with Gasteiger partial charge in [0.25, 0.3) is 0 Å². The standard InChI is InChI=1S/C37H35F4N3O2/c1-2-46-36(45)21-16-29-15-19-32(22-34(29)38)42-24-27-8-10-28(11-9-27)25-44-33(20-12-26-6-4-3-5-7-26)23-35(43-44)30-13-17-31(18-14-30)37(39,40)41/h3-11,13-15,17-19,22-23,42H,2,12,16,20-21,24-25H2,1H3. The summed E-state index contributed by atoms with van der Waals surface area (Å²) in [4.78, 5) is 11.6. The fourth-order valence-corrected chi connectivity index (χ4v) is 5.15. The van der Waals surface area contributed by atoms with Gasteiger partial charge >= 0.3 is 12.1 Å². The van der Waals surface area contributed by atoms with Crippen LogP contribution in [0.2, 0.25) is 0 Å². The molecule has 0 spiro atoms. The van der Waals surface area contributed by atoms with Gasteiger partial charge in [-0.05, 0) is 78.8 Å². The lowest BCUT2D eigenvalue weighted by Gasteiger charge is -2.11. The van der Waals surface area contributed by atoms with Crippen molar-refractivity contribution in [1.29, 1.82) is 0 Å². The lowest BCUT2D eigenvalue weighted by molar-refractivity contribution is -0.143. The van der Waals surface area contributed by atoms with E-state index in [0.717, 1.165) is 41.8 Å². The number of esters is 1. The molecule has 46 heavy (non-hydrogen) atoms. The molecule has 0 bridgehead atoms. The highest BCUT2D eigenvalue weighted by Crippen LogP contribution is 2.31. The van der Waals surface area contributed by atoms with Gasteiger partial charge in [0.2, 0.25) is 0 Å². The molecule has 0 atom stereocenters. The second-order valence-electron chi connectivity index (χ2n) is 11.0. The molecule has 0 amide bonds. The Morgan fingerprint density at radius 3 is 2.22 bits per heavy atom. The fraction of sp³-hybridized carbons (Fsp3) is 0.243. The van der Waals surface area contributed by atoms with Crippen molar-refractivity contribution in [3.8, 4) is 11.3 Å². The van der Waals surface area contributed by atoms with E-state index in [4.69, 9.17) is 9.84 Å². The Morgan fingerprint density at radius 2 is 1.54 bits per heavy atom. The largest absolute Gasteiger partial charge is 0.466 e. The van der Waals surface area contributed by atoms with Crippen LogP contribution >= 0.6 is 0 Å². The van der Waals surface area contributed by atoms with E-state index in [1.807, 2.05) is 53.2 Å². The number of anilines is 1. The molecule has 5 nitrogen and oxygen atoms in total. The first-order valence-corrected chi connectivity index (χ1v) is 15.2. The number of ether oxygens (including phenoxy) is 1. The molecule has 0 saturated heterocycles. The Labute approximate surface area is 265 Å². The second kappa shape index (κ2) is 14.9. The maximum Gasteiger partial charge on any atom is 0.416 e. The van der Waals surface area contributed by atoms with Gasteiger partial charge in [-0.3, -0.25) is 9.48 Å². The summed E-state index contributed by atoms with van der Waals surface area (Å²) in [6, 6.07) is 30.1. The van der Waals surface area contributed by atoms with Crippen LogP contribution in [0.5, 0.6) is 0 Å². The molecule has 5 rings (SSSR count). The van der Waals surface area contributed by atoms with Crippen LogP contribution in [-0.4, -0.2) is 22.4 Å². The zero-order chi connectivity index (χ0) is 32.5. The van der Waals surface area contributed by atoms with Crippen molar-refractivity contribution >= 4 is 11.7 Å². The number of hydrogen-bond acceptors (Lipinski definition) is 4. The van der Waals surface area contributed by atoms with Gasteiger partial charge in [0.1, 0.15) is 5.82 Å². The van der Waals surface area contributed by atoms with E-state index < -0.39 is 11.7 Å². The third-order valence-electron chi connectivity index (χ3n) is 7.69. The summed E-state index contributed by atoms with van der Waals surface area (Å²) in [5, 5.41) is 8.03. The highest BCUT2D eigenvalue weighted by Gasteiger charge is 2.30. The highest BCUT2D eigenvalue weighted by atomic mass is 19.4. The van der Waals surface area contributed by atoms with Crippen LogP contribution in [-0.2, 0) is 48.1 Å². The van der Waals surface area contributed by atoms with Crippen molar-refractivity contribution in [3.63, 3.8) is 0 Å². The summed E-state index contributed by atoms with van der Waals surface area (Å²) in [7, 11) is 0. The zero-order valence-corrected chi connectivity index (χ0v) is 25.5. The molecule has 4 aromatic carbocycles. The van der Waals surface area contributed by atoms with Crippen molar-refractivity contribution in [1.82, 2.24) is 9.78 Å². The van der Waals surface area contributed by atoms with Crippen molar-refractivity contribution in [3.05, 3.63) is 142 Å². The van der Waals surface area contributed by atoms with E-state index in [1.54, 1.807) is 19.1 Å². The minimum Gasteiger partial charge on any atom is -0.466 e. The molecule has 0 aliphatic heterocycles. The minimum atomic E-state index is -4.40. The summed E-state index contributed by atoms with van der Waals surface area (Å²) in [6.45, 7) is 3.03. The van der Waals surface area contributed by atoms with Gasteiger partial charge in [0.05, 0.1) is 24.4 Å². The molecule has 1 aromatic heterocycles. The van der Waals surface area contributed by atoms with E-state index in [9.17, 15) is 22.4 Å². The number of carbonyl (C=O) groups is 1. The lowest BCUT2D eigenvalue weighted by Crippen LogP contribution is -2.08. The van der Waals surface area contributed by atoms with Crippen molar-refractivity contribution in [2.75, 3.05) is 11.9 Å². The smallest absolute Gasteiger partial charge is 0.416 e. The molecule has 238 valence electrons. The van der Waals surface area contributed by atoms with Crippen LogP contribution < -0.4 is 5.32 Å². The molecular formula is C37H35F4N3O2. The topological polar surface area (TPSA) is 56.1 Å². The van der Waals surface area contributed by atoms with Gasteiger partial charge in [0.15, 0.2) is 0 Å². The van der Waals surface area contributed by atoms with Gasteiger partial charge < -0.3 is 10.1 Å². The number of nitrogens with zero attached hydrogens (tertiary/aromatic N) is 2. The van der Waals surface area contributed by atoms with Crippen LogP contribution in [0.15, 0.2) is 103 Å². The number of benzene rings is 4. The number of alkyl halides is 3. The molecule has 0 fully saturated rings. The van der Waals surface area contributed by atoms with E-state index in [-0.39, 0.29) is 24.6 Å². The number of rotatable bonds is 13. The Bertz CT molecular complexity index is 1730. The Hall–Kier alpha value is -4.92. The normalized spacial score (nSPS) is 11.4.